The third-order valence-electron chi connectivity index (χ3n) is 4.61. The highest BCUT2D eigenvalue weighted by atomic mass is 15.3. The van der Waals surface area contributed by atoms with Crippen LogP contribution in [0.15, 0.2) is 0 Å². The van der Waals surface area contributed by atoms with Gasteiger partial charge in [-0.3, -0.25) is 4.90 Å². The highest BCUT2D eigenvalue weighted by Gasteiger charge is 2.34. The normalized spacial score (nSPS) is 25.2. The van der Waals surface area contributed by atoms with Crippen LogP contribution in [0.1, 0.15) is 33.6 Å². The van der Waals surface area contributed by atoms with E-state index in [9.17, 15) is 0 Å². The van der Waals surface area contributed by atoms with Crippen LogP contribution >= 0.6 is 0 Å². The summed E-state index contributed by atoms with van der Waals surface area (Å²) in [6.07, 6.45) is 2.89. The zero-order valence-corrected chi connectivity index (χ0v) is 12.0. The second-order valence-corrected chi connectivity index (χ2v) is 6.54. The first-order valence-corrected chi connectivity index (χ1v) is 7.17. The first-order valence-electron chi connectivity index (χ1n) is 7.17. The van der Waals surface area contributed by atoms with Gasteiger partial charge < -0.3 is 10.2 Å². The van der Waals surface area contributed by atoms with E-state index in [-0.39, 0.29) is 0 Å². The summed E-state index contributed by atoms with van der Waals surface area (Å²) in [5, 5.41) is 3.44. The molecule has 2 aliphatic rings. The maximum absolute atomic E-state index is 3.44. The van der Waals surface area contributed by atoms with E-state index < -0.39 is 0 Å². The van der Waals surface area contributed by atoms with Crippen LogP contribution in [0.4, 0.5) is 0 Å². The van der Waals surface area contributed by atoms with Gasteiger partial charge in [-0.05, 0) is 46.6 Å². The molecule has 1 aliphatic carbocycles. The molecule has 1 saturated carbocycles. The van der Waals surface area contributed by atoms with Gasteiger partial charge in [-0.15, -0.1) is 0 Å². The number of piperazine rings is 1. The summed E-state index contributed by atoms with van der Waals surface area (Å²) in [4.78, 5) is 5.21. The third-order valence-corrected chi connectivity index (χ3v) is 4.61. The molecule has 1 atom stereocenters. The van der Waals surface area contributed by atoms with Gasteiger partial charge in [-0.2, -0.15) is 0 Å². The standard InChI is InChI=1S/C14H29N3/c1-12(13-5-6-13)16(4)11-14(2,3)17-9-7-15-8-10-17/h12-13,15H,5-11H2,1-4H3. The van der Waals surface area contributed by atoms with E-state index in [0.29, 0.717) is 5.54 Å². The highest BCUT2D eigenvalue weighted by molar-refractivity contribution is 4.91. The lowest BCUT2D eigenvalue weighted by atomic mass is 9.99. The van der Waals surface area contributed by atoms with Crippen molar-refractivity contribution in [3.8, 4) is 0 Å². The quantitative estimate of drug-likeness (QED) is 0.782. The lowest BCUT2D eigenvalue weighted by molar-refractivity contribution is 0.0571. The Bertz CT molecular complexity index is 242. The summed E-state index contributed by atoms with van der Waals surface area (Å²) in [6.45, 7) is 13.0. The number of rotatable bonds is 5. The SMILES string of the molecule is CC(C1CC1)N(C)CC(C)(C)N1CCNCC1. The van der Waals surface area contributed by atoms with Crippen molar-refractivity contribution in [2.75, 3.05) is 39.8 Å². The topological polar surface area (TPSA) is 18.5 Å². The largest absolute Gasteiger partial charge is 0.314 e. The van der Waals surface area contributed by atoms with E-state index in [2.05, 4.69) is 42.9 Å². The average Bonchev–Trinajstić information content (AvgIpc) is 3.12. The van der Waals surface area contributed by atoms with Gasteiger partial charge in [0, 0.05) is 44.3 Å². The fourth-order valence-corrected chi connectivity index (χ4v) is 3.06. The molecule has 0 bridgehead atoms. The Labute approximate surface area is 107 Å². The molecule has 17 heavy (non-hydrogen) atoms. The molecule has 1 aliphatic heterocycles. The van der Waals surface area contributed by atoms with Gasteiger partial charge in [0.1, 0.15) is 0 Å². The lowest BCUT2D eigenvalue weighted by Gasteiger charge is -2.44. The minimum absolute atomic E-state index is 0.306. The van der Waals surface area contributed by atoms with Crippen LogP contribution in [0.2, 0.25) is 0 Å². The highest BCUT2D eigenvalue weighted by Crippen LogP contribution is 2.35. The molecule has 1 unspecified atom stereocenters. The lowest BCUT2D eigenvalue weighted by Crippen LogP contribution is -2.58. The fourth-order valence-electron chi connectivity index (χ4n) is 3.06. The summed E-state index contributed by atoms with van der Waals surface area (Å²) in [6, 6.07) is 0.761. The summed E-state index contributed by atoms with van der Waals surface area (Å²) in [7, 11) is 2.30. The van der Waals surface area contributed by atoms with Crippen LogP contribution in [0, 0.1) is 5.92 Å². The Morgan fingerprint density at radius 1 is 1.29 bits per heavy atom. The predicted octanol–water partition coefficient (Wildman–Crippen LogP) is 1.40. The van der Waals surface area contributed by atoms with Gasteiger partial charge >= 0.3 is 0 Å². The molecular weight excluding hydrogens is 210 g/mol. The second-order valence-electron chi connectivity index (χ2n) is 6.54. The molecule has 2 rings (SSSR count). The third kappa shape index (κ3) is 3.43. The Balaban J connectivity index is 1.85. The zero-order valence-electron chi connectivity index (χ0n) is 12.0. The molecule has 1 heterocycles. The summed E-state index contributed by atoms with van der Waals surface area (Å²) in [5.74, 6) is 0.971. The Morgan fingerprint density at radius 3 is 2.41 bits per heavy atom. The van der Waals surface area contributed by atoms with E-state index >= 15 is 0 Å². The van der Waals surface area contributed by atoms with Gasteiger partial charge in [0.2, 0.25) is 0 Å². The van der Waals surface area contributed by atoms with E-state index in [1.807, 2.05) is 0 Å². The summed E-state index contributed by atoms with van der Waals surface area (Å²) >= 11 is 0. The van der Waals surface area contributed by atoms with Crippen molar-refractivity contribution in [3.05, 3.63) is 0 Å². The van der Waals surface area contributed by atoms with Crippen LogP contribution in [0.3, 0.4) is 0 Å². The van der Waals surface area contributed by atoms with E-state index in [0.717, 1.165) is 25.0 Å². The van der Waals surface area contributed by atoms with Gasteiger partial charge in [0.25, 0.3) is 0 Å². The van der Waals surface area contributed by atoms with Crippen LogP contribution in [0.5, 0.6) is 0 Å². The van der Waals surface area contributed by atoms with Crippen molar-refractivity contribution in [1.29, 1.82) is 0 Å². The Morgan fingerprint density at radius 2 is 1.88 bits per heavy atom. The molecule has 0 aromatic carbocycles. The summed E-state index contributed by atoms with van der Waals surface area (Å²) in [5.41, 5.74) is 0.306. The molecule has 100 valence electrons. The fraction of sp³-hybridized carbons (Fsp3) is 1.00. The van der Waals surface area contributed by atoms with Crippen molar-refractivity contribution in [1.82, 2.24) is 15.1 Å². The Hall–Kier alpha value is -0.120. The van der Waals surface area contributed by atoms with E-state index in [4.69, 9.17) is 0 Å². The van der Waals surface area contributed by atoms with Crippen LogP contribution < -0.4 is 5.32 Å². The molecule has 0 aromatic heterocycles. The molecule has 0 radical (unpaired) electrons. The monoisotopic (exact) mass is 239 g/mol. The van der Waals surface area contributed by atoms with Crippen molar-refractivity contribution < 1.29 is 0 Å². The molecule has 1 saturated heterocycles. The molecular formula is C14H29N3. The number of hydrogen-bond donors (Lipinski definition) is 1. The minimum Gasteiger partial charge on any atom is -0.314 e. The van der Waals surface area contributed by atoms with Crippen molar-refractivity contribution in [3.63, 3.8) is 0 Å². The van der Waals surface area contributed by atoms with E-state index in [1.165, 1.54) is 32.5 Å². The van der Waals surface area contributed by atoms with Gasteiger partial charge in [-0.1, -0.05) is 0 Å². The number of hydrogen-bond acceptors (Lipinski definition) is 3. The molecule has 0 spiro atoms. The first-order chi connectivity index (χ1) is 8.00. The van der Waals surface area contributed by atoms with Crippen LogP contribution in [-0.4, -0.2) is 61.2 Å². The van der Waals surface area contributed by atoms with Crippen LogP contribution in [0.25, 0.3) is 0 Å². The van der Waals surface area contributed by atoms with Crippen molar-refractivity contribution in [2.24, 2.45) is 5.92 Å². The molecule has 3 nitrogen and oxygen atoms in total. The van der Waals surface area contributed by atoms with Gasteiger partial charge in [0.15, 0.2) is 0 Å². The average molecular weight is 239 g/mol. The van der Waals surface area contributed by atoms with E-state index in [1.54, 1.807) is 0 Å². The predicted molar refractivity (Wildman–Crippen MR) is 73.3 cm³/mol. The van der Waals surface area contributed by atoms with Gasteiger partial charge in [-0.25, -0.2) is 0 Å². The molecule has 0 amide bonds. The molecule has 1 N–H and O–H groups in total. The van der Waals surface area contributed by atoms with Crippen molar-refractivity contribution in [2.45, 2.75) is 45.2 Å². The molecule has 0 aromatic rings. The zero-order chi connectivity index (χ0) is 12.5. The number of likely N-dealkylation sites (N-methyl/N-ethyl adjacent to an activating group) is 1. The smallest absolute Gasteiger partial charge is 0.0281 e. The van der Waals surface area contributed by atoms with Crippen LogP contribution in [-0.2, 0) is 0 Å². The molecule has 3 heteroatoms. The number of nitrogens with zero attached hydrogens (tertiary/aromatic N) is 2. The number of nitrogens with one attached hydrogen (secondary N) is 1. The van der Waals surface area contributed by atoms with Crippen molar-refractivity contribution >= 4 is 0 Å². The van der Waals surface area contributed by atoms with Gasteiger partial charge in [0.05, 0.1) is 0 Å². The summed E-state index contributed by atoms with van der Waals surface area (Å²) < 4.78 is 0. The maximum atomic E-state index is 3.44. The maximum Gasteiger partial charge on any atom is 0.0281 e. The second kappa shape index (κ2) is 5.25. The first kappa shape index (κ1) is 13.3. The minimum atomic E-state index is 0.306. The molecule has 2 fully saturated rings. The Kier molecular flexibility index (Phi) is 4.11.